The molecule has 0 bridgehead atoms. The van der Waals surface area contributed by atoms with Crippen LogP contribution in [-0.4, -0.2) is 42.1 Å². The van der Waals surface area contributed by atoms with Crippen molar-refractivity contribution in [1.29, 1.82) is 0 Å². The van der Waals surface area contributed by atoms with Gasteiger partial charge in [0.2, 0.25) is 0 Å². The smallest absolute Gasteiger partial charge is 0.00795 e. The molecular formula is C15H30N2S. The van der Waals surface area contributed by atoms with E-state index in [0.717, 1.165) is 11.8 Å². The fourth-order valence-corrected chi connectivity index (χ4v) is 4.38. The highest BCUT2D eigenvalue weighted by molar-refractivity contribution is 7.99. The quantitative estimate of drug-likeness (QED) is 0.836. The van der Waals surface area contributed by atoms with Crippen LogP contribution in [0.5, 0.6) is 0 Å². The Bertz CT molecular complexity index is 256. The molecule has 0 aromatic carbocycles. The normalized spacial score (nSPS) is 35.7. The molecule has 18 heavy (non-hydrogen) atoms. The van der Waals surface area contributed by atoms with E-state index in [-0.39, 0.29) is 0 Å². The summed E-state index contributed by atoms with van der Waals surface area (Å²) in [6, 6.07) is 0.443. The van der Waals surface area contributed by atoms with Gasteiger partial charge in [0.25, 0.3) is 0 Å². The third-order valence-corrected chi connectivity index (χ3v) is 5.80. The summed E-state index contributed by atoms with van der Waals surface area (Å²) >= 11 is 2.09. The molecule has 3 atom stereocenters. The van der Waals surface area contributed by atoms with Gasteiger partial charge >= 0.3 is 0 Å². The van der Waals surface area contributed by atoms with Gasteiger partial charge in [-0.2, -0.15) is 11.8 Å². The summed E-state index contributed by atoms with van der Waals surface area (Å²) in [5.74, 6) is 4.21. The molecule has 3 heteroatoms. The molecule has 2 aliphatic rings. The molecule has 2 rings (SSSR count). The van der Waals surface area contributed by atoms with Gasteiger partial charge in [-0.3, -0.25) is 0 Å². The monoisotopic (exact) mass is 270 g/mol. The van der Waals surface area contributed by atoms with Gasteiger partial charge in [-0.25, -0.2) is 0 Å². The van der Waals surface area contributed by atoms with E-state index in [4.69, 9.17) is 5.73 Å². The lowest BCUT2D eigenvalue weighted by molar-refractivity contribution is 0.102. The molecule has 1 heterocycles. The van der Waals surface area contributed by atoms with Gasteiger partial charge < -0.3 is 10.6 Å². The van der Waals surface area contributed by atoms with Crippen molar-refractivity contribution < 1.29 is 0 Å². The van der Waals surface area contributed by atoms with Gasteiger partial charge in [-0.05, 0) is 36.5 Å². The second-order valence-electron chi connectivity index (χ2n) is 7.21. The summed E-state index contributed by atoms with van der Waals surface area (Å²) in [5, 5.41) is 0. The first-order valence-corrected chi connectivity index (χ1v) is 8.68. The van der Waals surface area contributed by atoms with Crippen molar-refractivity contribution in [2.75, 3.05) is 31.1 Å². The minimum absolute atomic E-state index is 0.443. The van der Waals surface area contributed by atoms with Gasteiger partial charge in [-0.1, -0.05) is 20.8 Å². The van der Waals surface area contributed by atoms with Crippen LogP contribution in [0.1, 0.15) is 40.0 Å². The van der Waals surface area contributed by atoms with Crippen LogP contribution < -0.4 is 5.73 Å². The van der Waals surface area contributed by atoms with Gasteiger partial charge in [0.05, 0.1) is 0 Å². The molecule has 0 aromatic heterocycles. The van der Waals surface area contributed by atoms with Gasteiger partial charge in [0.15, 0.2) is 0 Å². The topological polar surface area (TPSA) is 29.3 Å². The second kappa shape index (κ2) is 6.15. The van der Waals surface area contributed by atoms with Gasteiger partial charge in [0, 0.05) is 37.2 Å². The third-order valence-electron chi connectivity index (χ3n) is 4.86. The highest BCUT2D eigenvalue weighted by Gasteiger charge is 2.35. The molecule has 1 saturated carbocycles. The number of nitrogens with zero attached hydrogens (tertiary/aromatic N) is 1. The van der Waals surface area contributed by atoms with Crippen molar-refractivity contribution in [2.45, 2.75) is 46.1 Å². The van der Waals surface area contributed by atoms with Crippen LogP contribution in [-0.2, 0) is 0 Å². The molecule has 2 N–H and O–H groups in total. The summed E-state index contributed by atoms with van der Waals surface area (Å²) in [7, 11) is 0. The molecule has 0 radical (unpaired) electrons. The summed E-state index contributed by atoms with van der Waals surface area (Å²) in [6.45, 7) is 11.0. The van der Waals surface area contributed by atoms with Crippen molar-refractivity contribution >= 4 is 11.8 Å². The van der Waals surface area contributed by atoms with Crippen molar-refractivity contribution in [1.82, 2.24) is 4.90 Å². The summed E-state index contributed by atoms with van der Waals surface area (Å²) in [4.78, 5) is 2.64. The van der Waals surface area contributed by atoms with Crippen LogP contribution in [0.25, 0.3) is 0 Å². The molecule has 1 aliphatic heterocycles. The molecule has 0 amide bonds. The molecule has 106 valence electrons. The fourth-order valence-electron chi connectivity index (χ4n) is 3.40. The predicted molar refractivity (Wildman–Crippen MR) is 82.0 cm³/mol. The van der Waals surface area contributed by atoms with E-state index in [2.05, 4.69) is 37.4 Å². The van der Waals surface area contributed by atoms with Crippen LogP contribution >= 0.6 is 11.8 Å². The first-order chi connectivity index (χ1) is 8.47. The van der Waals surface area contributed by atoms with E-state index < -0.39 is 0 Å². The summed E-state index contributed by atoms with van der Waals surface area (Å²) in [5.41, 5.74) is 6.82. The van der Waals surface area contributed by atoms with Crippen molar-refractivity contribution in [3.63, 3.8) is 0 Å². The Kier molecular flexibility index (Phi) is 5.01. The molecule has 3 unspecified atom stereocenters. The van der Waals surface area contributed by atoms with E-state index in [9.17, 15) is 0 Å². The van der Waals surface area contributed by atoms with Crippen LogP contribution in [0.2, 0.25) is 0 Å². The van der Waals surface area contributed by atoms with Crippen molar-refractivity contribution in [3.05, 3.63) is 0 Å². The summed E-state index contributed by atoms with van der Waals surface area (Å²) < 4.78 is 0. The third kappa shape index (κ3) is 3.88. The van der Waals surface area contributed by atoms with E-state index in [1.165, 1.54) is 50.4 Å². The zero-order chi connectivity index (χ0) is 13.2. The lowest BCUT2D eigenvalue weighted by Crippen LogP contribution is -2.46. The van der Waals surface area contributed by atoms with Crippen LogP contribution in [0.3, 0.4) is 0 Å². The standard InChI is InChI=1S/C15H30N2S/c1-15(2,3)13-4-5-14(16)12(10-13)11-17-6-8-18-9-7-17/h12-14H,4-11,16H2,1-3H3. The number of hydrogen-bond acceptors (Lipinski definition) is 3. The van der Waals surface area contributed by atoms with E-state index in [1.54, 1.807) is 0 Å². The molecule has 1 saturated heterocycles. The maximum atomic E-state index is 6.37. The molecular weight excluding hydrogens is 240 g/mol. The lowest BCUT2D eigenvalue weighted by Gasteiger charge is -2.42. The molecule has 0 aromatic rings. The SMILES string of the molecule is CC(C)(C)C1CCC(N)C(CN2CCSCC2)C1. The Balaban J connectivity index is 1.88. The predicted octanol–water partition coefficient (Wildman–Crippen LogP) is 2.82. The first kappa shape index (κ1) is 14.7. The first-order valence-electron chi connectivity index (χ1n) is 7.52. The van der Waals surface area contributed by atoms with Crippen LogP contribution in [0.15, 0.2) is 0 Å². The molecule has 1 aliphatic carbocycles. The van der Waals surface area contributed by atoms with E-state index >= 15 is 0 Å². The Hall–Kier alpha value is 0.270. The number of nitrogens with two attached hydrogens (primary N) is 1. The maximum Gasteiger partial charge on any atom is 0.00795 e. The average molecular weight is 270 g/mol. The van der Waals surface area contributed by atoms with Crippen molar-refractivity contribution in [2.24, 2.45) is 23.0 Å². The van der Waals surface area contributed by atoms with E-state index in [1.807, 2.05) is 0 Å². The van der Waals surface area contributed by atoms with Crippen LogP contribution in [0.4, 0.5) is 0 Å². The Morgan fingerprint density at radius 3 is 2.44 bits per heavy atom. The second-order valence-corrected chi connectivity index (χ2v) is 8.44. The molecule has 2 fully saturated rings. The number of hydrogen-bond donors (Lipinski definition) is 1. The summed E-state index contributed by atoms with van der Waals surface area (Å²) in [6.07, 6.45) is 3.90. The van der Waals surface area contributed by atoms with Crippen molar-refractivity contribution in [3.8, 4) is 0 Å². The number of rotatable bonds is 2. The Labute approximate surface area is 117 Å². The largest absolute Gasteiger partial charge is 0.327 e. The molecule has 2 nitrogen and oxygen atoms in total. The lowest BCUT2D eigenvalue weighted by atomic mass is 9.67. The Morgan fingerprint density at radius 1 is 1.17 bits per heavy atom. The zero-order valence-corrected chi connectivity index (χ0v) is 13.1. The minimum Gasteiger partial charge on any atom is -0.327 e. The van der Waals surface area contributed by atoms with Gasteiger partial charge in [0.1, 0.15) is 0 Å². The number of thioether (sulfide) groups is 1. The Morgan fingerprint density at radius 2 is 1.83 bits per heavy atom. The zero-order valence-electron chi connectivity index (χ0n) is 12.3. The highest BCUT2D eigenvalue weighted by Crippen LogP contribution is 2.40. The molecule has 0 spiro atoms. The highest BCUT2D eigenvalue weighted by atomic mass is 32.2. The fraction of sp³-hybridized carbons (Fsp3) is 1.00. The van der Waals surface area contributed by atoms with Crippen LogP contribution in [0, 0.1) is 17.3 Å². The van der Waals surface area contributed by atoms with Gasteiger partial charge in [-0.15, -0.1) is 0 Å². The average Bonchev–Trinajstić information content (AvgIpc) is 2.32. The maximum absolute atomic E-state index is 6.37. The minimum atomic E-state index is 0.443. The van der Waals surface area contributed by atoms with E-state index in [0.29, 0.717) is 11.5 Å².